The second-order valence-electron chi connectivity index (χ2n) is 7.11. The molecule has 3 heterocycles. The molecule has 1 aliphatic rings. The number of nitrogen functional groups attached to an aromatic ring is 1. The Kier molecular flexibility index (Phi) is 6.25. The maximum atomic E-state index is 13.6. The minimum atomic E-state index is -4.75. The highest BCUT2D eigenvalue weighted by Crippen LogP contribution is 2.42. The lowest BCUT2D eigenvalue weighted by atomic mass is 9.98. The van der Waals surface area contributed by atoms with Gasteiger partial charge in [-0.1, -0.05) is 25.7 Å². The first-order valence-corrected chi connectivity index (χ1v) is 9.33. The highest BCUT2D eigenvalue weighted by atomic mass is 19.4. The fraction of sp³-hybridized carbons (Fsp3) is 0.611. The van der Waals surface area contributed by atoms with E-state index in [1.54, 1.807) is 0 Å². The summed E-state index contributed by atoms with van der Waals surface area (Å²) in [7, 11) is 1.27. The van der Waals surface area contributed by atoms with Gasteiger partial charge in [-0.05, 0) is 18.9 Å². The van der Waals surface area contributed by atoms with Crippen LogP contribution in [0.3, 0.4) is 0 Å². The van der Waals surface area contributed by atoms with E-state index in [1.165, 1.54) is 7.11 Å². The zero-order chi connectivity index (χ0) is 22.1. The minimum Gasteiger partial charge on any atom is -0.419 e. The van der Waals surface area contributed by atoms with Crippen LogP contribution in [0.1, 0.15) is 67.7 Å². The zero-order valence-corrected chi connectivity index (χ0v) is 16.0. The van der Waals surface area contributed by atoms with Gasteiger partial charge in [0, 0.05) is 7.11 Å². The van der Waals surface area contributed by atoms with Crippen molar-refractivity contribution in [1.82, 2.24) is 15.2 Å². The van der Waals surface area contributed by atoms with Crippen molar-refractivity contribution >= 4 is 5.69 Å². The number of hydrogen-bond donors (Lipinski definition) is 1. The Hall–Kier alpha value is -2.37. The predicted molar refractivity (Wildman–Crippen MR) is 93.2 cm³/mol. The smallest absolute Gasteiger partial charge is 0.418 e. The number of aromatic nitrogens is 3. The van der Waals surface area contributed by atoms with Crippen molar-refractivity contribution in [2.45, 2.75) is 62.9 Å². The van der Waals surface area contributed by atoms with Crippen LogP contribution in [0.5, 0.6) is 0 Å². The van der Waals surface area contributed by atoms with Gasteiger partial charge in [0.2, 0.25) is 5.89 Å². The van der Waals surface area contributed by atoms with Crippen molar-refractivity contribution in [2.24, 2.45) is 0 Å². The lowest BCUT2D eigenvalue weighted by Gasteiger charge is -2.21. The largest absolute Gasteiger partial charge is 0.419 e. The van der Waals surface area contributed by atoms with Crippen molar-refractivity contribution in [3.05, 3.63) is 23.2 Å². The van der Waals surface area contributed by atoms with Gasteiger partial charge in [-0.25, -0.2) is 4.98 Å². The number of methoxy groups -OCH3 is 1. The van der Waals surface area contributed by atoms with Crippen molar-refractivity contribution in [3.63, 3.8) is 0 Å². The normalized spacial score (nSPS) is 21.3. The van der Waals surface area contributed by atoms with Gasteiger partial charge in [-0.3, -0.25) is 0 Å². The van der Waals surface area contributed by atoms with Gasteiger partial charge in [-0.2, -0.15) is 26.3 Å². The Bertz CT molecular complexity index is 881. The average Bonchev–Trinajstić information content (AvgIpc) is 3.11. The van der Waals surface area contributed by atoms with Crippen LogP contribution in [0.15, 0.2) is 10.5 Å². The monoisotopic (exact) mass is 438 g/mol. The fourth-order valence-corrected chi connectivity index (χ4v) is 3.48. The minimum absolute atomic E-state index is 0.216. The van der Waals surface area contributed by atoms with E-state index in [0.29, 0.717) is 25.3 Å². The number of pyridine rings is 1. The quantitative estimate of drug-likeness (QED) is 0.599. The molecule has 166 valence electrons. The molecule has 2 N–H and O–H groups in total. The van der Waals surface area contributed by atoms with E-state index >= 15 is 0 Å². The predicted octanol–water partition coefficient (Wildman–Crippen LogP) is 5.42. The van der Waals surface area contributed by atoms with Gasteiger partial charge in [0.1, 0.15) is 5.92 Å². The number of halogens is 6. The lowest BCUT2D eigenvalue weighted by molar-refractivity contribution is -0.156. The zero-order valence-electron chi connectivity index (χ0n) is 16.0. The van der Waals surface area contributed by atoms with Crippen LogP contribution in [-0.2, 0) is 10.9 Å². The molecule has 0 fully saturated rings. The first-order valence-electron chi connectivity index (χ1n) is 9.33. The Morgan fingerprint density at radius 3 is 2.30 bits per heavy atom. The van der Waals surface area contributed by atoms with Gasteiger partial charge in [0.25, 0.3) is 5.89 Å². The molecular weight excluding hydrogens is 418 g/mol. The van der Waals surface area contributed by atoms with Crippen LogP contribution >= 0.6 is 0 Å². The average molecular weight is 438 g/mol. The van der Waals surface area contributed by atoms with Crippen LogP contribution in [-0.4, -0.2) is 28.5 Å². The van der Waals surface area contributed by atoms with Crippen LogP contribution in [0.25, 0.3) is 11.6 Å². The second kappa shape index (κ2) is 8.40. The van der Waals surface area contributed by atoms with E-state index in [0.717, 1.165) is 0 Å². The molecule has 0 radical (unpaired) electrons. The van der Waals surface area contributed by atoms with Gasteiger partial charge < -0.3 is 14.9 Å². The second-order valence-corrected chi connectivity index (χ2v) is 7.11. The summed E-state index contributed by atoms with van der Waals surface area (Å²) in [5, 5.41) is 7.04. The molecule has 2 aromatic rings. The molecule has 1 aliphatic heterocycles. The van der Waals surface area contributed by atoms with Crippen molar-refractivity contribution in [1.29, 1.82) is 0 Å². The Labute approximate surface area is 167 Å². The van der Waals surface area contributed by atoms with Crippen molar-refractivity contribution in [3.8, 4) is 11.6 Å². The number of ether oxygens (including phenoxy) is 1. The number of alkyl halides is 6. The first kappa shape index (κ1) is 22.3. The molecule has 0 aromatic carbocycles. The van der Waals surface area contributed by atoms with Crippen molar-refractivity contribution < 1.29 is 35.5 Å². The highest BCUT2D eigenvalue weighted by Gasteiger charge is 2.44. The number of anilines is 1. The fourth-order valence-electron chi connectivity index (χ4n) is 3.48. The van der Waals surface area contributed by atoms with E-state index in [-0.39, 0.29) is 25.0 Å². The molecule has 0 amide bonds. The van der Waals surface area contributed by atoms with E-state index in [9.17, 15) is 26.3 Å². The van der Waals surface area contributed by atoms with Gasteiger partial charge in [-0.15, -0.1) is 10.2 Å². The summed E-state index contributed by atoms with van der Waals surface area (Å²) in [5.74, 6) is -3.11. The molecule has 0 aliphatic carbocycles. The van der Waals surface area contributed by atoms with Crippen LogP contribution < -0.4 is 5.73 Å². The highest BCUT2D eigenvalue weighted by molar-refractivity contribution is 5.67. The summed E-state index contributed by atoms with van der Waals surface area (Å²) in [5.41, 5.74) is 3.48. The van der Waals surface area contributed by atoms with Gasteiger partial charge >= 0.3 is 12.4 Å². The summed E-state index contributed by atoms with van der Waals surface area (Å²) < 4.78 is 91.5. The Morgan fingerprint density at radius 2 is 1.70 bits per heavy atom. The third-order valence-corrected chi connectivity index (χ3v) is 5.02. The number of hydrogen-bond acceptors (Lipinski definition) is 6. The molecule has 0 saturated heterocycles. The van der Waals surface area contributed by atoms with Crippen LogP contribution in [0.4, 0.5) is 32.0 Å². The van der Waals surface area contributed by atoms with Gasteiger partial charge in [0.15, 0.2) is 5.69 Å². The molecule has 0 spiro atoms. The summed E-state index contributed by atoms with van der Waals surface area (Å²) in [4.78, 5) is 3.96. The maximum Gasteiger partial charge on any atom is 0.418 e. The standard InChI is InChI=1S/C18H20F6N4O2/c1-29-12-7-5-3-2-4-6-9(17(19,20)21)15-27-28-16(30-15)14-11(25)8-10(13(12)26-14)18(22,23)24/h8-9,12H,2-7,25H2,1H3. The molecule has 30 heavy (non-hydrogen) atoms. The van der Waals surface area contributed by atoms with Crippen molar-refractivity contribution in [2.75, 3.05) is 12.8 Å². The van der Waals surface area contributed by atoms with Crippen LogP contribution in [0.2, 0.25) is 0 Å². The number of nitrogens with zero attached hydrogens (tertiary/aromatic N) is 3. The molecule has 0 saturated carbocycles. The van der Waals surface area contributed by atoms with Gasteiger partial charge in [0.05, 0.1) is 23.0 Å². The molecule has 3 rings (SSSR count). The molecule has 2 unspecified atom stereocenters. The number of nitrogens with two attached hydrogens (primary N) is 1. The molecule has 6 nitrogen and oxygen atoms in total. The topological polar surface area (TPSA) is 87.1 Å². The molecule has 2 aromatic heterocycles. The molecular formula is C18H20F6N4O2. The number of fused-ring (bicyclic) bond motifs is 5. The lowest BCUT2D eigenvalue weighted by Crippen LogP contribution is -2.21. The van der Waals surface area contributed by atoms with Crippen LogP contribution in [0, 0.1) is 0 Å². The summed E-state index contributed by atoms with van der Waals surface area (Å²) in [6.07, 6.45) is -8.64. The van der Waals surface area contributed by atoms with E-state index in [4.69, 9.17) is 14.9 Å². The van der Waals surface area contributed by atoms with E-state index < -0.39 is 53.1 Å². The molecule has 2 atom stereocenters. The molecule has 12 heteroatoms. The molecule has 4 bridgehead atoms. The summed E-state index contributed by atoms with van der Waals surface area (Å²) in [6.45, 7) is 0. The summed E-state index contributed by atoms with van der Waals surface area (Å²) in [6, 6.07) is 0.667. The number of rotatable bonds is 1. The third kappa shape index (κ3) is 4.68. The third-order valence-electron chi connectivity index (χ3n) is 5.02. The van der Waals surface area contributed by atoms with E-state index in [1.807, 2.05) is 0 Å². The SMILES string of the molecule is COC1CCCCCCC(C(F)(F)F)c2nnc(o2)-c2nc1c(C(F)(F)F)cc2N. The maximum absolute atomic E-state index is 13.6. The van der Waals surface area contributed by atoms with E-state index in [2.05, 4.69) is 15.2 Å². The first-order chi connectivity index (χ1) is 14.0. The Balaban J connectivity index is 2.16. The Morgan fingerprint density at radius 1 is 1.03 bits per heavy atom. The summed E-state index contributed by atoms with van der Waals surface area (Å²) >= 11 is 0.